The van der Waals surface area contributed by atoms with Crippen molar-refractivity contribution >= 4 is 0 Å². The van der Waals surface area contributed by atoms with E-state index in [1.165, 1.54) is 5.56 Å². The van der Waals surface area contributed by atoms with E-state index in [0.29, 0.717) is 0 Å². The molecule has 0 amide bonds. The standard InChI is InChI=1S/C14H16N2/c1-10-7-8-13(16-9-10)14(15)12-6-4-3-5-11(12)2/h3-9,14H,15H2,1-2H3. The Morgan fingerprint density at radius 1 is 1.06 bits per heavy atom. The quantitative estimate of drug-likeness (QED) is 0.831. The summed E-state index contributed by atoms with van der Waals surface area (Å²) in [6, 6.07) is 12.1. The average Bonchev–Trinajstić information content (AvgIpc) is 2.30. The molecule has 0 radical (unpaired) electrons. The van der Waals surface area contributed by atoms with Gasteiger partial charge in [-0.25, -0.2) is 0 Å². The number of hydrogen-bond acceptors (Lipinski definition) is 2. The highest BCUT2D eigenvalue weighted by molar-refractivity contribution is 5.34. The molecule has 1 aromatic carbocycles. The van der Waals surface area contributed by atoms with E-state index in [1.54, 1.807) is 0 Å². The van der Waals surface area contributed by atoms with E-state index in [4.69, 9.17) is 5.73 Å². The molecule has 1 unspecified atom stereocenters. The fourth-order valence-corrected chi connectivity index (χ4v) is 1.76. The molecule has 82 valence electrons. The zero-order chi connectivity index (χ0) is 11.5. The highest BCUT2D eigenvalue weighted by atomic mass is 14.8. The number of nitrogens with two attached hydrogens (primary N) is 1. The van der Waals surface area contributed by atoms with Crippen molar-refractivity contribution in [1.82, 2.24) is 4.98 Å². The van der Waals surface area contributed by atoms with Gasteiger partial charge in [0.25, 0.3) is 0 Å². The SMILES string of the molecule is Cc1ccc(C(N)c2ccccc2C)nc1. The predicted octanol–water partition coefficient (Wildman–Crippen LogP) is 2.75. The van der Waals surface area contributed by atoms with Crippen molar-refractivity contribution in [2.75, 3.05) is 0 Å². The van der Waals surface area contributed by atoms with Gasteiger partial charge in [-0.3, -0.25) is 4.98 Å². The van der Waals surface area contributed by atoms with Crippen LogP contribution < -0.4 is 5.73 Å². The maximum absolute atomic E-state index is 6.20. The highest BCUT2D eigenvalue weighted by Crippen LogP contribution is 2.20. The van der Waals surface area contributed by atoms with E-state index in [1.807, 2.05) is 37.4 Å². The van der Waals surface area contributed by atoms with Crippen LogP contribution in [0.4, 0.5) is 0 Å². The van der Waals surface area contributed by atoms with Crippen LogP contribution in [0.2, 0.25) is 0 Å². The fraction of sp³-hybridized carbons (Fsp3) is 0.214. The Balaban J connectivity index is 2.35. The van der Waals surface area contributed by atoms with E-state index >= 15 is 0 Å². The molecule has 0 saturated heterocycles. The molecule has 0 aliphatic heterocycles. The molecule has 0 spiro atoms. The van der Waals surface area contributed by atoms with Gasteiger partial charge in [-0.2, -0.15) is 0 Å². The van der Waals surface area contributed by atoms with Crippen molar-refractivity contribution in [2.45, 2.75) is 19.9 Å². The van der Waals surface area contributed by atoms with Crippen molar-refractivity contribution < 1.29 is 0 Å². The molecule has 2 heteroatoms. The van der Waals surface area contributed by atoms with E-state index in [9.17, 15) is 0 Å². The van der Waals surface area contributed by atoms with E-state index in [2.05, 4.69) is 24.0 Å². The molecule has 2 aromatic rings. The van der Waals surface area contributed by atoms with Gasteiger partial charge in [0.15, 0.2) is 0 Å². The average molecular weight is 212 g/mol. The maximum atomic E-state index is 6.20. The largest absolute Gasteiger partial charge is 0.319 e. The second kappa shape index (κ2) is 4.45. The molecule has 2 nitrogen and oxygen atoms in total. The van der Waals surface area contributed by atoms with Gasteiger partial charge >= 0.3 is 0 Å². The smallest absolute Gasteiger partial charge is 0.0728 e. The Morgan fingerprint density at radius 3 is 2.44 bits per heavy atom. The van der Waals surface area contributed by atoms with Gasteiger partial charge < -0.3 is 5.73 Å². The summed E-state index contributed by atoms with van der Waals surface area (Å²) in [5.74, 6) is 0. The molecule has 0 saturated carbocycles. The molecule has 16 heavy (non-hydrogen) atoms. The molecule has 1 heterocycles. The Hall–Kier alpha value is -1.67. The number of aryl methyl sites for hydroxylation is 2. The van der Waals surface area contributed by atoms with Crippen LogP contribution in [-0.4, -0.2) is 4.98 Å². The summed E-state index contributed by atoms with van der Waals surface area (Å²) in [6.07, 6.45) is 1.85. The Morgan fingerprint density at radius 2 is 1.81 bits per heavy atom. The van der Waals surface area contributed by atoms with Crippen molar-refractivity contribution in [3.05, 3.63) is 65.0 Å². The van der Waals surface area contributed by atoms with Gasteiger partial charge in [0, 0.05) is 6.20 Å². The third kappa shape index (κ3) is 2.12. The molecule has 1 aromatic heterocycles. The minimum atomic E-state index is -0.137. The minimum absolute atomic E-state index is 0.137. The van der Waals surface area contributed by atoms with Crippen LogP contribution in [-0.2, 0) is 0 Å². The van der Waals surface area contributed by atoms with Crippen molar-refractivity contribution in [1.29, 1.82) is 0 Å². The second-order valence-corrected chi connectivity index (χ2v) is 4.09. The van der Waals surface area contributed by atoms with Crippen LogP contribution in [0.5, 0.6) is 0 Å². The lowest BCUT2D eigenvalue weighted by Gasteiger charge is -2.14. The van der Waals surface area contributed by atoms with Crippen LogP contribution in [0.15, 0.2) is 42.6 Å². The van der Waals surface area contributed by atoms with Gasteiger partial charge in [-0.15, -0.1) is 0 Å². The summed E-state index contributed by atoms with van der Waals surface area (Å²) in [6.45, 7) is 4.10. The summed E-state index contributed by atoms with van der Waals surface area (Å²) < 4.78 is 0. The highest BCUT2D eigenvalue weighted by Gasteiger charge is 2.11. The van der Waals surface area contributed by atoms with Crippen molar-refractivity contribution in [2.24, 2.45) is 5.73 Å². The Bertz CT molecular complexity index is 474. The number of benzene rings is 1. The van der Waals surface area contributed by atoms with Crippen LogP contribution in [0.25, 0.3) is 0 Å². The maximum Gasteiger partial charge on any atom is 0.0728 e. The Labute approximate surface area is 96.1 Å². The normalized spacial score (nSPS) is 12.4. The second-order valence-electron chi connectivity index (χ2n) is 4.09. The number of hydrogen-bond donors (Lipinski definition) is 1. The van der Waals surface area contributed by atoms with E-state index < -0.39 is 0 Å². The first-order chi connectivity index (χ1) is 7.68. The third-order valence-electron chi connectivity index (χ3n) is 2.78. The van der Waals surface area contributed by atoms with E-state index in [-0.39, 0.29) is 6.04 Å². The fourth-order valence-electron chi connectivity index (χ4n) is 1.76. The van der Waals surface area contributed by atoms with Crippen LogP contribution in [0, 0.1) is 13.8 Å². The topological polar surface area (TPSA) is 38.9 Å². The summed E-state index contributed by atoms with van der Waals surface area (Å²) in [4.78, 5) is 4.37. The zero-order valence-corrected chi connectivity index (χ0v) is 9.64. The third-order valence-corrected chi connectivity index (χ3v) is 2.78. The number of pyridine rings is 1. The summed E-state index contributed by atoms with van der Waals surface area (Å²) in [7, 11) is 0. The molecule has 1 atom stereocenters. The van der Waals surface area contributed by atoms with Gasteiger partial charge in [-0.05, 0) is 36.6 Å². The first-order valence-corrected chi connectivity index (χ1v) is 5.42. The first kappa shape index (κ1) is 10.8. The minimum Gasteiger partial charge on any atom is -0.319 e. The molecule has 0 bridgehead atoms. The lowest BCUT2D eigenvalue weighted by molar-refractivity contribution is 0.819. The van der Waals surface area contributed by atoms with Gasteiger partial charge in [0.1, 0.15) is 0 Å². The van der Waals surface area contributed by atoms with Gasteiger partial charge in [-0.1, -0.05) is 30.3 Å². The number of aromatic nitrogens is 1. The summed E-state index contributed by atoms with van der Waals surface area (Å²) in [5, 5.41) is 0. The van der Waals surface area contributed by atoms with Gasteiger partial charge in [0.05, 0.1) is 11.7 Å². The zero-order valence-electron chi connectivity index (χ0n) is 9.64. The molecule has 2 N–H and O–H groups in total. The summed E-state index contributed by atoms with van der Waals surface area (Å²) >= 11 is 0. The van der Waals surface area contributed by atoms with Crippen molar-refractivity contribution in [3.8, 4) is 0 Å². The first-order valence-electron chi connectivity index (χ1n) is 5.42. The molecule has 2 rings (SSSR count). The molecule has 0 aliphatic rings. The molecule has 0 aliphatic carbocycles. The lowest BCUT2D eigenvalue weighted by atomic mass is 9.99. The van der Waals surface area contributed by atoms with Crippen molar-refractivity contribution in [3.63, 3.8) is 0 Å². The molecular formula is C14H16N2. The number of nitrogens with zero attached hydrogens (tertiary/aromatic N) is 1. The van der Waals surface area contributed by atoms with E-state index in [0.717, 1.165) is 16.8 Å². The summed E-state index contributed by atoms with van der Waals surface area (Å²) in [5.41, 5.74) is 10.6. The van der Waals surface area contributed by atoms with Crippen LogP contribution >= 0.6 is 0 Å². The van der Waals surface area contributed by atoms with Crippen LogP contribution in [0.1, 0.15) is 28.4 Å². The Kier molecular flexibility index (Phi) is 3.02. The number of rotatable bonds is 2. The van der Waals surface area contributed by atoms with Gasteiger partial charge in [0.2, 0.25) is 0 Å². The molecule has 0 fully saturated rings. The monoisotopic (exact) mass is 212 g/mol. The lowest BCUT2D eigenvalue weighted by Crippen LogP contribution is -2.14. The molecular weight excluding hydrogens is 196 g/mol. The van der Waals surface area contributed by atoms with Crippen LogP contribution in [0.3, 0.4) is 0 Å². The predicted molar refractivity (Wildman–Crippen MR) is 66.2 cm³/mol.